The van der Waals surface area contributed by atoms with E-state index in [1.165, 1.54) is 16.3 Å². The third-order valence-electron chi connectivity index (χ3n) is 7.38. The average Bonchev–Trinajstić information content (AvgIpc) is 2.97. The van der Waals surface area contributed by atoms with Gasteiger partial charge in [-0.15, -0.1) is 0 Å². The predicted octanol–water partition coefficient (Wildman–Crippen LogP) is 5.34. The summed E-state index contributed by atoms with van der Waals surface area (Å²) in [6.45, 7) is 3.33. The molecule has 2 atom stereocenters. The van der Waals surface area contributed by atoms with Gasteiger partial charge in [0.2, 0.25) is 0 Å². The molecule has 4 N–H and O–H groups in total. The van der Waals surface area contributed by atoms with Gasteiger partial charge in [0.15, 0.2) is 12.2 Å². The largest absolute Gasteiger partial charge is 0.507 e. The summed E-state index contributed by atoms with van der Waals surface area (Å²) in [5, 5.41) is 33.7. The number of carboxylic acid groups (broad SMARTS) is 2. The van der Waals surface area contributed by atoms with E-state index in [-0.39, 0.29) is 6.61 Å². The quantitative estimate of drug-likeness (QED) is 0.136. The molecular weight excluding hydrogens is 550 g/mol. The number of aliphatic carboxylic acids is 2. The van der Waals surface area contributed by atoms with Gasteiger partial charge in [-0.2, -0.15) is 0 Å². The molecule has 0 bridgehead atoms. The van der Waals surface area contributed by atoms with Gasteiger partial charge in [-0.1, -0.05) is 67.4 Å². The van der Waals surface area contributed by atoms with E-state index < -0.39 is 36.7 Å². The SMILES string of the molecule is Cc1cc(CCCCCOC(C(=O)NCCCCCc2ccc3ccccc3c2)C(OCC(=O)O)C(=O)O)cc(C)c1O. The van der Waals surface area contributed by atoms with Gasteiger partial charge in [0.1, 0.15) is 12.4 Å². The molecule has 0 aliphatic heterocycles. The number of carbonyl (C=O) groups excluding carboxylic acids is 1. The molecule has 1 amide bonds. The number of carboxylic acids is 2. The zero-order valence-electron chi connectivity index (χ0n) is 25.0. The van der Waals surface area contributed by atoms with Gasteiger partial charge in [0, 0.05) is 13.2 Å². The highest BCUT2D eigenvalue weighted by molar-refractivity contribution is 5.88. The van der Waals surface area contributed by atoms with Gasteiger partial charge < -0.3 is 30.1 Å². The number of benzene rings is 3. The molecule has 0 radical (unpaired) electrons. The van der Waals surface area contributed by atoms with Crippen LogP contribution in [0.5, 0.6) is 5.75 Å². The van der Waals surface area contributed by atoms with Crippen LogP contribution >= 0.6 is 0 Å². The van der Waals surface area contributed by atoms with Crippen LogP contribution in [0.15, 0.2) is 54.6 Å². The zero-order valence-corrected chi connectivity index (χ0v) is 25.0. The number of aromatic hydroxyl groups is 1. The molecule has 9 nitrogen and oxygen atoms in total. The number of nitrogens with one attached hydrogen (secondary N) is 1. The highest BCUT2D eigenvalue weighted by Crippen LogP contribution is 2.24. The Morgan fingerprint density at radius 3 is 2.07 bits per heavy atom. The molecule has 2 unspecified atom stereocenters. The van der Waals surface area contributed by atoms with Crippen LogP contribution in [-0.2, 0) is 36.7 Å². The van der Waals surface area contributed by atoms with Crippen LogP contribution in [0.25, 0.3) is 10.8 Å². The predicted molar refractivity (Wildman–Crippen MR) is 164 cm³/mol. The van der Waals surface area contributed by atoms with Crippen molar-refractivity contribution in [3.8, 4) is 5.75 Å². The highest BCUT2D eigenvalue weighted by Gasteiger charge is 2.36. The van der Waals surface area contributed by atoms with E-state index in [9.17, 15) is 24.6 Å². The smallest absolute Gasteiger partial charge is 0.336 e. The van der Waals surface area contributed by atoms with E-state index in [1.807, 2.05) is 38.1 Å². The molecule has 9 heteroatoms. The van der Waals surface area contributed by atoms with Gasteiger partial charge in [-0.25, -0.2) is 9.59 Å². The minimum Gasteiger partial charge on any atom is -0.507 e. The maximum absolute atomic E-state index is 13.0. The standard InChI is InChI=1S/C34H43NO8/c1-23-19-26(20-24(2)30(23)38)12-6-4-10-18-42-31(32(34(40)41)43-22-29(36)37)33(39)35-17-9-3-5-11-25-15-16-27-13-7-8-14-28(27)21-25/h7-8,13-16,19-21,31-32,38H,3-6,9-12,17-18,22H2,1-2H3,(H,35,39)(H,36,37)(H,40,41). The lowest BCUT2D eigenvalue weighted by Crippen LogP contribution is -2.49. The minimum absolute atomic E-state index is 0.123. The molecule has 3 rings (SSSR count). The van der Waals surface area contributed by atoms with Gasteiger partial charge in [-0.3, -0.25) is 4.79 Å². The summed E-state index contributed by atoms with van der Waals surface area (Å²) in [5.74, 6) is -3.13. The number of hydrogen-bond donors (Lipinski definition) is 4. The molecule has 0 fully saturated rings. The van der Waals surface area contributed by atoms with Crippen molar-refractivity contribution >= 4 is 28.6 Å². The van der Waals surface area contributed by atoms with E-state index in [4.69, 9.17) is 14.6 Å². The number of hydrogen-bond acceptors (Lipinski definition) is 6. The van der Waals surface area contributed by atoms with Crippen LogP contribution in [0.2, 0.25) is 0 Å². The molecule has 0 aliphatic carbocycles. The monoisotopic (exact) mass is 593 g/mol. The van der Waals surface area contributed by atoms with Crippen LogP contribution in [0, 0.1) is 13.8 Å². The Kier molecular flexibility index (Phi) is 13.4. The Bertz CT molecular complexity index is 1350. The fourth-order valence-corrected chi connectivity index (χ4v) is 5.10. The summed E-state index contributed by atoms with van der Waals surface area (Å²) in [7, 11) is 0. The van der Waals surface area contributed by atoms with Gasteiger partial charge in [0.05, 0.1) is 0 Å². The molecule has 0 heterocycles. The molecule has 0 aliphatic rings. The summed E-state index contributed by atoms with van der Waals surface area (Å²) < 4.78 is 10.7. The first-order valence-corrected chi connectivity index (χ1v) is 14.9. The van der Waals surface area contributed by atoms with Crippen molar-refractivity contribution in [2.75, 3.05) is 19.8 Å². The normalized spacial score (nSPS) is 12.6. The molecule has 43 heavy (non-hydrogen) atoms. The number of unbranched alkanes of at least 4 members (excludes halogenated alkanes) is 4. The van der Waals surface area contributed by atoms with Crippen LogP contribution < -0.4 is 5.32 Å². The molecule has 0 saturated carbocycles. The van der Waals surface area contributed by atoms with E-state index in [0.717, 1.165) is 55.2 Å². The van der Waals surface area contributed by atoms with Crippen molar-refractivity contribution in [3.05, 3.63) is 76.9 Å². The highest BCUT2D eigenvalue weighted by atomic mass is 16.6. The first-order valence-electron chi connectivity index (χ1n) is 14.9. The number of phenols is 1. The molecular formula is C34H43NO8. The summed E-state index contributed by atoms with van der Waals surface area (Å²) in [5.41, 5.74) is 4.04. The second-order valence-electron chi connectivity index (χ2n) is 10.9. The molecule has 0 saturated heterocycles. The average molecular weight is 594 g/mol. The van der Waals surface area contributed by atoms with Crippen LogP contribution in [0.3, 0.4) is 0 Å². The van der Waals surface area contributed by atoms with Crippen molar-refractivity contribution in [2.24, 2.45) is 0 Å². The Balaban J connectivity index is 1.44. The van der Waals surface area contributed by atoms with Crippen LogP contribution in [-0.4, -0.2) is 65.1 Å². The number of fused-ring (bicyclic) bond motifs is 1. The van der Waals surface area contributed by atoms with Crippen molar-refractivity contribution in [1.29, 1.82) is 0 Å². The summed E-state index contributed by atoms with van der Waals surface area (Å²) >= 11 is 0. The lowest BCUT2D eigenvalue weighted by molar-refractivity contribution is -0.172. The number of ether oxygens (including phenoxy) is 2. The van der Waals surface area contributed by atoms with Crippen molar-refractivity contribution in [2.45, 2.75) is 77.4 Å². The number of rotatable bonds is 19. The van der Waals surface area contributed by atoms with Gasteiger partial charge in [-0.05, 0) is 85.4 Å². The first kappa shape index (κ1) is 33.6. The third-order valence-corrected chi connectivity index (χ3v) is 7.38. The van der Waals surface area contributed by atoms with Gasteiger partial charge >= 0.3 is 11.9 Å². The van der Waals surface area contributed by atoms with Crippen molar-refractivity contribution in [3.63, 3.8) is 0 Å². The van der Waals surface area contributed by atoms with Crippen molar-refractivity contribution < 1.29 is 39.2 Å². The first-order chi connectivity index (χ1) is 20.7. The third kappa shape index (κ3) is 11.0. The molecule has 3 aromatic carbocycles. The summed E-state index contributed by atoms with van der Waals surface area (Å²) in [6, 6.07) is 18.6. The molecule has 0 spiro atoms. The Morgan fingerprint density at radius 1 is 0.744 bits per heavy atom. The maximum Gasteiger partial charge on any atom is 0.336 e. The number of amides is 1. The van der Waals surface area contributed by atoms with E-state index in [1.54, 1.807) is 0 Å². The van der Waals surface area contributed by atoms with Crippen LogP contribution in [0.1, 0.15) is 60.8 Å². The van der Waals surface area contributed by atoms with E-state index in [0.29, 0.717) is 25.1 Å². The lowest BCUT2D eigenvalue weighted by Gasteiger charge is -2.23. The topological polar surface area (TPSA) is 142 Å². The number of phenolic OH excluding ortho intramolecular Hbond substituents is 1. The van der Waals surface area contributed by atoms with E-state index >= 15 is 0 Å². The summed E-state index contributed by atoms with van der Waals surface area (Å²) in [4.78, 5) is 35.8. The second-order valence-corrected chi connectivity index (χ2v) is 10.9. The minimum atomic E-state index is -1.74. The molecule has 3 aromatic rings. The molecule has 232 valence electrons. The molecule has 0 aromatic heterocycles. The fourth-order valence-electron chi connectivity index (χ4n) is 5.10. The summed E-state index contributed by atoms with van der Waals surface area (Å²) in [6.07, 6.45) is 3.23. The lowest BCUT2D eigenvalue weighted by atomic mass is 10.0. The Labute approximate surface area is 252 Å². The number of aryl methyl sites for hydroxylation is 4. The Morgan fingerprint density at radius 2 is 1.40 bits per heavy atom. The zero-order chi connectivity index (χ0) is 31.2. The Hall–Kier alpha value is -3.95. The van der Waals surface area contributed by atoms with E-state index in [2.05, 4.69) is 35.6 Å². The van der Waals surface area contributed by atoms with Crippen molar-refractivity contribution in [1.82, 2.24) is 5.32 Å². The number of carbonyl (C=O) groups is 3. The maximum atomic E-state index is 13.0. The fraction of sp³-hybridized carbons (Fsp3) is 0.441. The van der Waals surface area contributed by atoms with Crippen LogP contribution in [0.4, 0.5) is 0 Å². The second kappa shape index (κ2) is 17.2. The van der Waals surface area contributed by atoms with Gasteiger partial charge in [0.25, 0.3) is 5.91 Å².